The maximum Gasteiger partial charge on any atom is 0.224 e. The van der Waals surface area contributed by atoms with E-state index in [0.717, 1.165) is 43.5 Å². The molecule has 0 spiro atoms. The Bertz CT molecular complexity index is 876. The molecule has 0 radical (unpaired) electrons. The van der Waals surface area contributed by atoms with Gasteiger partial charge in [-0.25, -0.2) is 4.99 Å². The zero-order valence-corrected chi connectivity index (χ0v) is 21.8. The van der Waals surface area contributed by atoms with E-state index < -0.39 is 0 Å². The minimum atomic E-state index is -0.129. The van der Waals surface area contributed by atoms with E-state index in [9.17, 15) is 0 Å². The number of hydrogen-bond acceptors (Lipinski definition) is 8. The number of aliphatic imine (C=N–C) groups is 2. The fourth-order valence-electron chi connectivity index (χ4n) is 5.13. The predicted molar refractivity (Wildman–Crippen MR) is 141 cm³/mol. The maximum atomic E-state index is 6.38. The van der Waals surface area contributed by atoms with Crippen molar-refractivity contribution in [3.63, 3.8) is 0 Å². The number of benzene rings is 1. The highest BCUT2D eigenvalue weighted by atomic mass is 35.5. The second-order valence-electron chi connectivity index (χ2n) is 9.85. The van der Waals surface area contributed by atoms with E-state index in [2.05, 4.69) is 46.5 Å². The van der Waals surface area contributed by atoms with E-state index in [-0.39, 0.29) is 6.29 Å². The Labute approximate surface area is 209 Å². The molecule has 2 aliphatic heterocycles. The molecule has 1 aromatic rings. The minimum absolute atomic E-state index is 0.129. The summed E-state index contributed by atoms with van der Waals surface area (Å²) in [6.45, 7) is 2.23. The van der Waals surface area contributed by atoms with Gasteiger partial charge < -0.3 is 25.2 Å². The van der Waals surface area contributed by atoms with Crippen LogP contribution in [0.4, 0.5) is 5.69 Å². The number of likely N-dealkylation sites (tertiary alicyclic amines) is 1. The SMILES string of the molecule is COc1ccc(NC2=NC(NC3CCCCCC3)=NC(N(C)C3CCN(C)CC3)N2C)cc1Cl. The van der Waals surface area contributed by atoms with Gasteiger partial charge in [-0.2, -0.15) is 4.99 Å². The molecule has 0 bridgehead atoms. The number of anilines is 1. The van der Waals surface area contributed by atoms with Gasteiger partial charge in [-0.1, -0.05) is 37.3 Å². The Hall–Kier alpha value is -2.03. The van der Waals surface area contributed by atoms with Gasteiger partial charge in [0.1, 0.15) is 5.75 Å². The number of ether oxygens (including phenoxy) is 1. The Balaban J connectivity index is 1.56. The molecular formula is C25H40ClN7O. The number of halogens is 1. The van der Waals surface area contributed by atoms with Gasteiger partial charge in [-0.05, 0) is 71.1 Å². The summed E-state index contributed by atoms with van der Waals surface area (Å²) in [7, 11) is 8.07. The van der Waals surface area contributed by atoms with Crippen LogP contribution in [-0.4, -0.2) is 86.3 Å². The second-order valence-corrected chi connectivity index (χ2v) is 10.3. The van der Waals surface area contributed by atoms with E-state index >= 15 is 0 Å². The average molecular weight is 490 g/mol. The van der Waals surface area contributed by atoms with Gasteiger partial charge in [-0.15, -0.1) is 0 Å². The van der Waals surface area contributed by atoms with Crippen LogP contribution in [0.15, 0.2) is 28.2 Å². The van der Waals surface area contributed by atoms with E-state index in [1.54, 1.807) is 7.11 Å². The summed E-state index contributed by atoms with van der Waals surface area (Å²) < 4.78 is 5.31. The molecule has 1 saturated carbocycles. The molecule has 1 unspecified atom stereocenters. The van der Waals surface area contributed by atoms with Crippen LogP contribution >= 0.6 is 11.6 Å². The van der Waals surface area contributed by atoms with Crippen LogP contribution in [0.2, 0.25) is 5.02 Å². The van der Waals surface area contributed by atoms with Gasteiger partial charge >= 0.3 is 0 Å². The highest BCUT2D eigenvalue weighted by Gasteiger charge is 2.33. The molecule has 34 heavy (non-hydrogen) atoms. The molecule has 8 nitrogen and oxygen atoms in total. The van der Waals surface area contributed by atoms with Gasteiger partial charge in [0.15, 0.2) is 6.29 Å². The number of hydrogen-bond donors (Lipinski definition) is 2. The van der Waals surface area contributed by atoms with Crippen molar-refractivity contribution in [1.29, 1.82) is 0 Å². The van der Waals surface area contributed by atoms with Crippen molar-refractivity contribution in [2.45, 2.75) is 69.7 Å². The van der Waals surface area contributed by atoms with E-state index in [1.807, 2.05) is 18.2 Å². The number of methoxy groups -OCH3 is 1. The summed E-state index contributed by atoms with van der Waals surface area (Å²) in [5.41, 5.74) is 0.868. The molecule has 1 aliphatic carbocycles. The number of nitrogens with one attached hydrogen (secondary N) is 2. The summed E-state index contributed by atoms with van der Waals surface area (Å²) in [5, 5.41) is 7.72. The molecule has 3 aliphatic rings. The summed E-state index contributed by atoms with van der Waals surface area (Å²) in [5.74, 6) is 2.14. The van der Waals surface area contributed by atoms with E-state index in [4.69, 9.17) is 26.3 Å². The molecule has 2 heterocycles. The third kappa shape index (κ3) is 6.15. The third-order valence-corrected chi connectivity index (χ3v) is 7.65. The van der Waals surface area contributed by atoms with Crippen LogP contribution in [-0.2, 0) is 0 Å². The lowest BCUT2D eigenvalue weighted by atomic mass is 10.0. The van der Waals surface area contributed by atoms with Crippen molar-refractivity contribution in [1.82, 2.24) is 20.0 Å². The first-order valence-corrected chi connectivity index (χ1v) is 13.0. The van der Waals surface area contributed by atoms with E-state index in [0.29, 0.717) is 22.9 Å². The summed E-state index contributed by atoms with van der Waals surface area (Å²) in [4.78, 5) is 16.9. The summed E-state index contributed by atoms with van der Waals surface area (Å²) in [6, 6.07) is 6.62. The molecule has 1 aromatic carbocycles. The molecular weight excluding hydrogens is 450 g/mol. The molecule has 9 heteroatoms. The Kier molecular flexibility index (Phi) is 8.55. The molecule has 188 valence electrons. The molecule has 2 fully saturated rings. The van der Waals surface area contributed by atoms with Crippen molar-refractivity contribution in [3.05, 3.63) is 23.2 Å². The smallest absolute Gasteiger partial charge is 0.224 e. The van der Waals surface area contributed by atoms with Crippen molar-refractivity contribution in [2.75, 3.05) is 46.7 Å². The Morgan fingerprint density at radius 1 is 1.06 bits per heavy atom. The summed E-state index contributed by atoms with van der Waals surface area (Å²) in [6.07, 6.45) is 9.69. The predicted octanol–water partition coefficient (Wildman–Crippen LogP) is 4.04. The first kappa shape index (κ1) is 25.1. The third-order valence-electron chi connectivity index (χ3n) is 7.35. The van der Waals surface area contributed by atoms with Gasteiger partial charge in [-0.3, -0.25) is 4.90 Å². The van der Waals surface area contributed by atoms with Gasteiger partial charge in [0, 0.05) is 24.8 Å². The number of guanidine groups is 2. The van der Waals surface area contributed by atoms with Crippen LogP contribution in [0.1, 0.15) is 51.4 Å². The average Bonchev–Trinajstić information content (AvgIpc) is 3.10. The summed E-state index contributed by atoms with van der Waals surface area (Å²) >= 11 is 6.38. The molecule has 2 N–H and O–H groups in total. The number of rotatable bonds is 5. The van der Waals surface area contributed by atoms with Crippen LogP contribution in [0, 0.1) is 0 Å². The normalized spacial score (nSPS) is 23.4. The van der Waals surface area contributed by atoms with Crippen LogP contribution in [0.5, 0.6) is 5.75 Å². The Morgan fingerprint density at radius 2 is 1.76 bits per heavy atom. The first-order chi connectivity index (χ1) is 16.4. The zero-order chi connectivity index (χ0) is 24.1. The molecule has 0 aromatic heterocycles. The van der Waals surface area contributed by atoms with Crippen molar-refractivity contribution < 1.29 is 4.74 Å². The molecule has 1 atom stereocenters. The molecule has 4 rings (SSSR count). The lowest BCUT2D eigenvalue weighted by Crippen LogP contribution is -2.57. The van der Waals surface area contributed by atoms with Crippen LogP contribution in [0.3, 0.4) is 0 Å². The fraction of sp³-hybridized carbons (Fsp3) is 0.680. The number of piperidine rings is 1. The van der Waals surface area contributed by atoms with Gasteiger partial charge in [0.25, 0.3) is 0 Å². The van der Waals surface area contributed by atoms with Crippen molar-refractivity contribution in [3.8, 4) is 5.75 Å². The topological polar surface area (TPSA) is 67.7 Å². The van der Waals surface area contributed by atoms with Gasteiger partial charge in [0.05, 0.1) is 12.1 Å². The maximum absolute atomic E-state index is 6.38. The molecule has 1 saturated heterocycles. The van der Waals surface area contributed by atoms with Crippen LogP contribution in [0.25, 0.3) is 0 Å². The molecule has 0 amide bonds. The minimum Gasteiger partial charge on any atom is -0.495 e. The highest BCUT2D eigenvalue weighted by molar-refractivity contribution is 6.32. The van der Waals surface area contributed by atoms with Crippen molar-refractivity contribution >= 4 is 29.2 Å². The van der Waals surface area contributed by atoms with Crippen molar-refractivity contribution in [2.24, 2.45) is 9.98 Å². The fourth-order valence-corrected chi connectivity index (χ4v) is 5.39. The highest BCUT2D eigenvalue weighted by Crippen LogP contribution is 2.28. The largest absolute Gasteiger partial charge is 0.495 e. The second kappa shape index (κ2) is 11.6. The van der Waals surface area contributed by atoms with E-state index in [1.165, 1.54) is 38.5 Å². The number of nitrogens with zero attached hydrogens (tertiary/aromatic N) is 5. The quantitative estimate of drug-likeness (QED) is 0.608. The first-order valence-electron chi connectivity index (χ1n) is 12.6. The standard InChI is InChI=1S/C25H40ClN7O/c1-31-15-13-20(14-16-31)32(2)25-30-23(27-18-9-7-5-6-8-10-18)29-24(33(25)3)28-19-11-12-22(34-4)21(26)17-19/h11-12,17-18,20,25H,5-10,13-16H2,1-4H3,(H2,27,28,29,30). The lowest BCUT2D eigenvalue weighted by molar-refractivity contribution is 0.0590. The lowest BCUT2D eigenvalue weighted by Gasteiger charge is -2.43. The Morgan fingerprint density at radius 3 is 2.41 bits per heavy atom. The zero-order valence-electron chi connectivity index (χ0n) is 21.1. The monoisotopic (exact) mass is 489 g/mol. The van der Waals surface area contributed by atoms with Gasteiger partial charge in [0.2, 0.25) is 11.9 Å². The van der Waals surface area contributed by atoms with Crippen LogP contribution < -0.4 is 15.4 Å².